The van der Waals surface area contributed by atoms with Gasteiger partial charge in [-0.05, 0) is 18.8 Å². The van der Waals surface area contributed by atoms with E-state index in [0.717, 1.165) is 0 Å². The summed E-state index contributed by atoms with van der Waals surface area (Å²) in [6, 6.07) is -2.45. The zero-order chi connectivity index (χ0) is 15.0. The van der Waals surface area contributed by atoms with Crippen molar-refractivity contribution in [2.24, 2.45) is 5.92 Å². The third-order valence-corrected chi connectivity index (χ3v) is 2.51. The van der Waals surface area contributed by atoms with Crippen LogP contribution in [0.25, 0.3) is 0 Å². The third-order valence-electron chi connectivity index (χ3n) is 2.51. The van der Waals surface area contributed by atoms with Gasteiger partial charge < -0.3 is 20.5 Å². The van der Waals surface area contributed by atoms with Crippen LogP contribution in [0.15, 0.2) is 0 Å². The van der Waals surface area contributed by atoms with E-state index in [9.17, 15) is 14.4 Å². The molecule has 2 atom stereocenters. The largest absolute Gasteiger partial charge is 0.480 e. The van der Waals surface area contributed by atoms with Gasteiger partial charge in [-0.3, -0.25) is 0 Å². The molecule has 0 aliphatic rings. The Morgan fingerprint density at radius 2 is 1.68 bits per heavy atom. The summed E-state index contributed by atoms with van der Waals surface area (Å²) in [7, 11) is 1.24. The Bertz CT molecular complexity index is 330. The van der Waals surface area contributed by atoms with Crippen molar-refractivity contribution in [2.75, 3.05) is 7.11 Å². The van der Waals surface area contributed by atoms with Gasteiger partial charge in [-0.2, -0.15) is 0 Å². The fourth-order valence-corrected chi connectivity index (χ4v) is 1.52. The minimum Gasteiger partial charge on any atom is -0.480 e. The molecule has 7 heteroatoms. The molecule has 0 radical (unpaired) electrons. The van der Waals surface area contributed by atoms with Gasteiger partial charge in [0.2, 0.25) is 0 Å². The van der Waals surface area contributed by atoms with E-state index >= 15 is 0 Å². The maximum absolute atomic E-state index is 11.6. The number of aliphatic carboxylic acids is 1. The van der Waals surface area contributed by atoms with E-state index in [4.69, 9.17) is 5.11 Å². The summed E-state index contributed by atoms with van der Waals surface area (Å²) in [5.74, 6) is -1.48. The number of carboxylic acids is 1. The Morgan fingerprint density at radius 1 is 1.16 bits per heavy atom. The maximum atomic E-state index is 11.6. The van der Waals surface area contributed by atoms with Crippen LogP contribution in [-0.4, -0.2) is 42.3 Å². The number of hydrogen-bond acceptors (Lipinski definition) is 4. The summed E-state index contributed by atoms with van der Waals surface area (Å²) >= 11 is 0. The maximum Gasteiger partial charge on any atom is 0.328 e. The Kier molecular flexibility index (Phi) is 7.55. The van der Waals surface area contributed by atoms with Crippen LogP contribution in [0.5, 0.6) is 0 Å². The number of rotatable bonds is 7. The molecule has 0 saturated carbocycles. The first kappa shape index (κ1) is 17.2. The lowest BCUT2D eigenvalue weighted by molar-refractivity contribution is -0.143. The molecule has 0 heterocycles. The minimum atomic E-state index is -1.11. The first-order valence-corrected chi connectivity index (χ1v) is 6.19. The van der Waals surface area contributed by atoms with Crippen LogP contribution in [0.4, 0.5) is 4.79 Å². The number of carboxylic acid groups (broad SMARTS) is 1. The molecule has 1 unspecified atom stereocenters. The van der Waals surface area contributed by atoms with Crippen LogP contribution < -0.4 is 10.6 Å². The summed E-state index contributed by atoms with van der Waals surface area (Å²) in [6.07, 6.45) is 0.680. The van der Waals surface area contributed by atoms with E-state index in [-0.39, 0.29) is 12.3 Å². The number of methoxy groups -OCH3 is 1. The second-order valence-corrected chi connectivity index (χ2v) is 4.62. The van der Waals surface area contributed by atoms with Gasteiger partial charge in [0.25, 0.3) is 0 Å². The van der Waals surface area contributed by atoms with E-state index in [2.05, 4.69) is 15.4 Å². The molecule has 0 aliphatic carbocycles. The highest BCUT2D eigenvalue weighted by atomic mass is 16.5. The van der Waals surface area contributed by atoms with E-state index in [0.29, 0.717) is 6.42 Å². The highest BCUT2D eigenvalue weighted by Crippen LogP contribution is 2.06. The van der Waals surface area contributed by atoms with Crippen molar-refractivity contribution in [1.82, 2.24) is 10.6 Å². The van der Waals surface area contributed by atoms with Crippen molar-refractivity contribution in [3.63, 3.8) is 0 Å². The molecule has 0 aliphatic heterocycles. The lowest BCUT2D eigenvalue weighted by atomic mass is 10.0. The summed E-state index contributed by atoms with van der Waals surface area (Å²) in [6.45, 7) is 5.45. The monoisotopic (exact) mass is 274 g/mol. The fraction of sp³-hybridized carbons (Fsp3) is 0.750. The molecular formula is C12H22N2O5. The van der Waals surface area contributed by atoms with E-state index in [1.165, 1.54) is 7.11 Å². The number of nitrogens with one attached hydrogen (secondary N) is 2. The third kappa shape index (κ3) is 6.64. The number of esters is 1. The smallest absolute Gasteiger partial charge is 0.328 e. The molecule has 2 amide bonds. The van der Waals surface area contributed by atoms with Crippen molar-refractivity contribution < 1.29 is 24.2 Å². The highest BCUT2D eigenvalue weighted by Gasteiger charge is 2.24. The molecule has 0 bridgehead atoms. The zero-order valence-electron chi connectivity index (χ0n) is 11.7. The van der Waals surface area contributed by atoms with Crippen LogP contribution in [-0.2, 0) is 14.3 Å². The van der Waals surface area contributed by atoms with Gasteiger partial charge in [0, 0.05) is 0 Å². The van der Waals surface area contributed by atoms with Gasteiger partial charge in [0.1, 0.15) is 12.1 Å². The number of carbonyl (C=O) groups is 3. The van der Waals surface area contributed by atoms with Crippen LogP contribution in [0.3, 0.4) is 0 Å². The van der Waals surface area contributed by atoms with Crippen LogP contribution in [0.2, 0.25) is 0 Å². The van der Waals surface area contributed by atoms with Gasteiger partial charge in [-0.25, -0.2) is 14.4 Å². The van der Waals surface area contributed by atoms with Gasteiger partial charge in [0.05, 0.1) is 7.11 Å². The average Bonchev–Trinajstić information content (AvgIpc) is 2.33. The Morgan fingerprint density at radius 3 is 2.05 bits per heavy atom. The molecular weight excluding hydrogens is 252 g/mol. The van der Waals surface area contributed by atoms with Crippen molar-refractivity contribution >= 4 is 18.0 Å². The summed E-state index contributed by atoms with van der Waals surface area (Å²) in [5, 5.41) is 13.5. The molecule has 7 nitrogen and oxygen atoms in total. The Balaban J connectivity index is 4.53. The highest BCUT2D eigenvalue weighted by molar-refractivity contribution is 5.86. The van der Waals surface area contributed by atoms with Gasteiger partial charge in [-0.1, -0.05) is 20.8 Å². The normalized spacial score (nSPS) is 13.5. The minimum absolute atomic E-state index is 0.186. The van der Waals surface area contributed by atoms with Crippen molar-refractivity contribution in [3.05, 3.63) is 0 Å². The predicted octanol–water partition coefficient (Wildman–Crippen LogP) is 0.737. The van der Waals surface area contributed by atoms with Crippen molar-refractivity contribution in [2.45, 2.75) is 45.7 Å². The van der Waals surface area contributed by atoms with E-state index < -0.39 is 30.1 Å². The van der Waals surface area contributed by atoms with Crippen LogP contribution in [0.1, 0.15) is 33.6 Å². The lowest BCUT2D eigenvalue weighted by Gasteiger charge is -2.20. The van der Waals surface area contributed by atoms with E-state index in [1.54, 1.807) is 6.92 Å². The Labute approximate surface area is 112 Å². The first-order chi connectivity index (χ1) is 8.81. The molecule has 19 heavy (non-hydrogen) atoms. The van der Waals surface area contributed by atoms with Gasteiger partial charge in [-0.15, -0.1) is 0 Å². The molecule has 0 aromatic heterocycles. The van der Waals surface area contributed by atoms with Crippen molar-refractivity contribution in [1.29, 1.82) is 0 Å². The van der Waals surface area contributed by atoms with Crippen molar-refractivity contribution in [3.8, 4) is 0 Å². The van der Waals surface area contributed by atoms with Gasteiger partial charge >= 0.3 is 18.0 Å². The molecule has 0 fully saturated rings. The molecule has 110 valence electrons. The number of amides is 2. The van der Waals surface area contributed by atoms with Crippen LogP contribution >= 0.6 is 0 Å². The molecule has 3 N–H and O–H groups in total. The van der Waals surface area contributed by atoms with Crippen LogP contribution in [0, 0.1) is 5.92 Å². The molecule has 0 aromatic rings. The second kappa shape index (κ2) is 8.34. The number of urea groups is 1. The predicted molar refractivity (Wildman–Crippen MR) is 68.6 cm³/mol. The molecule has 0 spiro atoms. The SMILES string of the molecule is CC[C@H](NC(=O)NC(CC(C)C)C(=O)OC)C(=O)O. The van der Waals surface area contributed by atoms with E-state index in [1.807, 2.05) is 13.8 Å². The quantitative estimate of drug-likeness (QED) is 0.594. The number of hydrogen-bond donors (Lipinski definition) is 3. The zero-order valence-corrected chi connectivity index (χ0v) is 11.7. The topological polar surface area (TPSA) is 105 Å². The summed E-state index contributed by atoms with van der Waals surface area (Å²) in [4.78, 5) is 33.9. The number of carbonyl (C=O) groups excluding carboxylic acids is 2. The molecule has 0 saturated heterocycles. The summed E-state index contributed by atoms with van der Waals surface area (Å²) in [5.41, 5.74) is 0. The summed E-state index contributed by atoms with van der Waals surface area (Å²) < 4.78 is 4.60. The Hall–Kier alpha value is -1.79. The average molecular weight is 274 g/mol. The second-order valence-electron chi connectivity index (χ2n) is 4.62. The standard InChI is InChI=1S/C12H22N2O5/c1-5-8(10(15)16)13-12(18)14-9(6-7(2)3)11(17)19-4/h7-9H,5-6H2,1-4H3,(H,15,16)(H2,13,14,18)/t8-,9?/m0/s1. The first-order valence-electron chi connectivity index (χ1n) is 6.19. The molecule has 0 rings (SSSR count). The molecule has 0 aromatic carbocycles. The lowest BCUT2D eigenvalue weighted by Crippen LogP contribution is -2.51. The number of ether oxygens (including phenoxy) is 1. The fourth-order valence-electron chi connectivity index (χ4n) is 1.52. The van der Waals surface area contributed by atoms with Gasteiger partial charge in [0.15, 0.2) is 0 Å².